The van der Waals surface area contributed by atoms with Crippen molar-refractivity contribution in [3.05, 3.63) is 58.1 Å². The first-order valence-electron chi connectivity index (χ1n) is 14.3. The second-order valence-corrected chi connectivity index (χ2v) is 12.5. The highest BCUT2D eigenvalue weighted by molar-refractivity contribution is 5.92. The zero-order chi connectivity index (χ0) is 29.6. The van der Waals surface area contributed by atoms with Gasteiger partial charge in [0.1, 0.15) is 17.3 Å². The molecule has 2 amide bonds. The molecule has 1 N–H and O–H groups in total. The number of carbonyl (C=O) groups is 2. The highest BCUT2D eigenvalue weighted by atomic mass is 16.6. The van der Waals surface area contributed by atoms with E-state index in [1.807, 2.05) is 44.6 Å². The maximum absolute atomic E-state index is 13.3. The van der Waals surface area contributed by atoms with E-state index in [0.29, 0.717) is 43.8 Å². The number of likely N-dealkylation sites (tertiary alicyclic amines) is 2. The standard InChI is InChI=1S/C28H36N8O6/c1-17(36-8-5-20(32-36)18-6-9-40-10-7-18)24-31-23(33-42-24)19-13-34(25(38)21-11-30-22(37)12-29-21)14-28(19)15-35(16-28)26(39)41-27(2,3)4/h5,8,11-12,17-19H,6-7,9-10,13-16H2,1-4H3,(H,30,37). The van der Waals surface area contributed by atoms with Gasteiger partial charge in [0.25, 0.3) is 17.4 Å². The molecule has 224 valence electrons. The Morgan fingerprint density at radius 1 is 1.17 bits per heavy atom. The number of aromatic nitrogens is 6. The van der Waals surface area contributed by atoms with Crippen molar-refractivity contribution >= 4 is 12.0 Å². The summed E-state index contributed by atoms with van der Waals surface area (Å²) in [6, 6.07) is 1.74. The first-order valence-corrected chi connectivity index (χ1v) is 14.3. The predicted octanol–water partition coefficient (Wildman–Crippen LogP) is 2.33. The molecule has 0 bridgehead atoms. The van der Waals surface area contributed by atoms with Crippen LogP contribution in [0.25, 0.3) is 0 Å². The van der Waals surface area contributed by atoms with Crippen LogP contribution in [-0.4, -0.2) is 96.7 Å². The number of ether oxygens (including phenoxy) is 2. The summed E-state index contributed by atoms with van der Waals surface area (Å²) in [7, 11) is 0. The number of amides is 2. The zero-order valence-corrected chi connectivity index (χ0v) is 24.3. The van der Waals surface area contributed by atoms with Gasteiger partial charge in [0.2, 0.25) is 0 Å². The van der Waals surface area contributed by atoms with E-state index in [0.717, 1.165) is 37.9 Å². The van der Waals surface area contributed by atoms with E-state index in [4.69, 9.17) is 24.1 Å². The number of nitrogens with zero attached hydrogens (tertiary/aromatic N) is 7. The maximum Gasteiger partial charge on any atom is 0.410 e. The number of aromatic amines is 1. The highest BCUT2D eigenvalue weighted by Gasteiger charge is 2.59. The second kappa shape index (κ2) is 10.6. The number of H-pyrrole nitrogens is 1. The molecule has 0 radical (unpaired) electrons. The lowest BCUT2D eigenvalue weighted by Crippen LogP contribution is -2.62. The van der Waals surface area contributed by atoms with Gasteiger partial charge < -0.3 is 28.8 Å². The molecule has 0 aromatic carbocycles. The molecule has 3 aliphatic rings. The van der Waals surface area contributed by atoms with Crippen LogP contribution in [0.3, 0.4) is 0 Å². The molecule has 0 saturated carbocycles. The Morgan fingerprint density at radius 3 is 2.60 bits per heavy atom. The third-order valence-electron chi connectivity index (χ3n) is 8.28. The summed E-state index contributed by atoms with van der Waals surface area (Å²) in [6.07, 6.45) is 5.82. The van der Waals surface area contributed by atoms with Crippen molar-refractivity contribution in [2.75, 3.05) is 39.4 Å². The normalized spacial score (nSPS) is 21.4. The van der Waals surface area contributed by atoms with Crippen molar-refractivity contribution < 1.29 is 23.6 Å². The van der Waals surface area contributed by atoms with Crippen molar-refractivity contribution in [2.45, 2.75) is 64.0 Å². The molecule has 3 saturated heterocycles. The van der Waals surface area contributed by atoms with Gasteiger partial charge in [-0.1, -0.05) is 5.16 Å². The van der Waals surface area contributed by atoms with Crippen molar-refractivity contribution in [1.29, 1.82) is 0 Å². The van der Waals surface area contributed by atoms with Crippen LogP contribution >= 0.6 is 0 Å². The molecule has 6 heterocycles. The first kappa shape index (κ1) is 28.1. The van der Waals surface area contributed by atoms with Gasteiger partial charge in [-0.2, -0.15) is 10.1 Å². The van der Waals surface area contributed by atoms with E-state index in [-0.39, 0.29) is 29.1 Å². The molecule has 14 nitrogen and oxygen atoms in total. The fraction of sp³-hybridized carbons (Fsp3) is 0.607. The average molecular weight is 581 g/mol. The van der Waals surface area contributed by atoms with Crippen molar-refractivity contribution in [3.8, 4) is 0 Å². The van der Waals surface area contributed by atoms with Crippen LogP contribution in [-0.2, 0) is 9.47 Å². The number of carbonyl (C=O) groups excluding carboxylic acids is 2. The molecule has 2 unspecified atom stereocenters. The van der Waals surface area contributed by atoms with Gasteiger partial charge in [-0.3, -0.25) is 14.3 Å². The summed E-state index contributed by atoms with van der Waals surface area (Å²) in [5, 5.41) is 9.14. The molecule has 3 fully saturated rings. The smallest absolute Gasteiger partial charge is 0.410 e. The SMILES string of the molecule is CC(c1nc(C2CN(C(=O)c3c[nH]c(=O)cn3)CC23CN(C(=O)OC(C)(C)C)C3)no1)n1ccc(C2CCOCC2)n1. The zero-order valence-electron chi connectivity index (χ0n) is 24.3. The molecule has 3 aromatic heterocycles. The van der Waals surface area contributed by atoms with Crippen LogP contribution < -0.4 is 5.56 Å². The molecule has 3 aromatic rings. The number of hydrogen-bond acceptors (Lipinski definition) is 10. The van der Waals surface area contributed by atoms with Crippen LogP contribution in [0.4, 0.5) is 4.79 Å². The quantitative estimate of drug-likeness (QED) is 0.474. The van der Waals surface area contributed by atoms with Crippen LogP contribution in [0.1, 0.15) is 86.3 Å². The number of nitrogens with one attached hydrogen (secondary N) is 1. The van der Waals surface area contributed by atoms with Crippen LogP contribution in [0.2, 0.25) is 0 Å². The maximum atomic E-state index is 13.3. The Bertz CT molecular complexity index is 1490. The molecular weight excluding hydrogens is 544 g/mol. The van der Waals surface area contributed by atoms with E-state index in [9.17, 15) is 14.4 Å². The van der Waals surface area contributed by atoms with Crippen molar-refractivity contribution in [3.63, 3.8) is 0 Å². The molecule has 2 atom stereocenters. The molecule has 3 aliphatic heterocycles. The first-order chi connectivity index (χ1) is 20.0. The average Bonchev–Trinajstić information content (AvgIpc) is 3.70. The van der Waals surface area contributed by atoms with Crippen LogP contribution in [0.5, 0.6) is 0 Å². The van der Waals surface area contributed by atoms with E-state index < -0.39 is 17.1 Å². The molecular formula is C28H36N8O6. The highest BCUT2D eigenvalue weighted by Crippen LogP contribution is 2.49. The summed E-state index contributed by atoms with van der Waals surface area (Å²) >= 11 is 0. The second-order valence-electron chi connectivity index (χ2n) is 12.5. The molecule has 1 spiro atoms. The minimum absolute atomic E-state index is 0.134. The third kappa shape index (κ3) is 5.42. The Kier molecular flexibility index (Phi) is 7.11. The Hall–Kier alpha value is -4.07. The van der Waals surface area contributed by atoms with Crippen molar-refractivity contribution in [1.82, 2.24) is 39.7 Å². The fourth-order valence-electron chi connectivity index (χ4n) is 6.04. The topological polar surface area (TPSA) is 162 Å². The number of rotatable bonds is 5. The largest absolute Gasteiger partial charge is 0.444 e. The minimum atomic E-state index is -0.622. The van der Waals surface area contributed by atoms with Gasteiger partial charge >= 0.3 is 6.09 Å². The van der Waals surface area contributed by atoms with Gasteiger partial charge in [-0.15, -0.1) is 0 Å². The van der Waals surface area contributed by atoms with Crippen LogP contribution in [0.15, 0.2) is 34.0 Å². The fourth-order valence-corrected chi connectivity index (χ4v) is 6.04. The van der Waals surface area contributed by atoms with E-state index in [1.54, 1.807) is 9.80 Å². The summed E-state index contributed by atoms with van der Waals surface area (Å²) < 4.78 is 18.6. The van der Waals surface area contributed by atoms with Gasteiger partial charge in [0, 0.05) is 63.1 Å². The van der Waals surface area contributed by atoms with Gasteiger partial charge in [-0.25, -0.2) is 9.78 Å². The third-order valence-corrected chi connectivity index (χ3v) is 8.28. The van der Waals surface area contributed by atoms with Gasteiger partial charge in [0.05, 0.1) is 17.8 Å². The van der Waals surface area contributed by atoms with Crippen LogP contribution in [0, 0.1) is 5.41 Å². The lowest BCUT2D eigenvalue weighted by molar-refractivity contribution is -0.0360. The van der Waals surface area contributed by atoms with E-state index in [1.165, 1.54) is 6.20 Å². The predicted molar refractivity (Wildman–Crippen MR) is 147 cm³/mol. The lowest BCUT2D eigenvalue weighted by atomic mass is 9.71. The molecule has 6 rings (SSSR count). The summed E-state index contributed by atoms with van der Waals surface area (Å²) in [6.45, 7) is 10.3. The van der Waals surface area contributed by atoms with Gasteiger partial charge in [0.15, 0.2) is 5.82 Å². The summed E-state index contributed by atoms with van der Waals surface area (Å²) in [4.78, 5) is 52.2. The van der Waals surface area contributed by atoms with Gasteiger partial charge in [-0.05, 0) is 46.6 Å². The van der Waals surface area contributed by atoms with E-state index in [2.05, 4.69) is 15.1 Å². The minimum Gasteiger partial charge on any atom is -0.444 e. The number of hydrogen-bond donors (Lipinski definition) is 1. The summed E-state index contributed by atoms with van der Waals surface area (Å²) in [5.74, 6) is 0.649. The summed E-state index contributed by atoms with van der Waals surface area (Å²) in [5.41, 5.74) is -0.333. The van der Waals surface area contributed by atoms with E-state index >= 15 is 0 Å². The molecule has 0 aliphatic carbocycles. The lowest BCUT2D eigenvalue weighted by Gasteiger charge is -2.49. The monoisotopic (exact) mass is 580 g/mol. The Morgan fingerprint density at radius 2 is 1.90 bits per heavy atom. The Labute approximate surface area is 242 Å². The Balaban J connectivity index is 1.22. The molecule has 42 heavy (non-hydrogen) atoms. The molecule has 14 heteroatoms. The van der Waals surface area contributed by atoms with Crippen molar-refractivity contribution in [2.24, 2.45) is 5.41 Å².